The summed E-state index contributed by atoms with van der Waals surface area (Å²) in [5, 5.41) is 7.17. The van der Waals surface area contributed by atoms with Gasteiger partial charge >= 0.3 is 0 Å². The zero-order chi connectivity index (χ0) is 29.0. The zero-order valence-electron chi connectivity index (χ0n) is 24.0. The average Bonchev–Trinajstić information content (AvgIpc) is 3.60. The highest BCUT2D eigenvalue weighted by Crippen LogP contribution is 2.47. The van der Waals surface area contributed by atoms with Crippen molar-refractivity contribution in [3.05, 3.63) is 167 Å². The summed E-state index contributed by atoms with van der Waals surface area (Å²) in [4.78, 5) is 13.0. The van der Waals surface area contributed by atoms with Gasteiger partial charge in [0.25, 0.3) is 0 Å². The third-order valence-electron chi connectivity index (χ3n) is 8.97. The number of amidine groups is 2. The van der Waals surface area contributed by atoms with E-state index in [4.69, 9.17) is 9.98 Å². The van der Waals surface area contributed by atoms with E-state index in [0.717, 1.165) is 33.7 Å². The Morgan fingerprint density at radius 3 is 1.86 bits per heavy atom. The number of aromatic nitrogens is 1. The van der Waals surface area contributed by atoms with Crippen molar-refractivity contribution in [1.82, 2.24) is 9.88 Å². The number of benzene rings is 5. The van der Waals surface area contributed by atoms with Gasteiger partial charge in [-0.25, -0.2) is 9.98 Å². The van der Waals surface area contributed by atoms with Crippen LogP contribution in [-0.2, 0) is 0 Å². The van der Waals surface area contributed by atoms with Crippen LogP contribution in [0.4, 0.5) is 11.4 Å². The summed E-state index contributed by atoms with van der Waals surface area (Å²) < 4.78 is 2.33. The number of rotatable bonds is 4. The van der Waals surface area contributed by atoms with E-state index in [1.54, 1.807) is 0 Å². The fourth-order valence-corrected chi connectivity index (χ4v) is 7.04. The molecule has 0 spiro atoms. The first-order valence-electron chi connectivity index (χ1n) is 15.1. The summed E-state index contributed by atoms with van der Waals surface area (Å²) in [6.45, 7) is 0. The summed E-state index contributed by atoms with van der Waals surface area (Å²) >= 11 is 0. The molecule has 6 aromatic rings. The Hall–Kier alpha value is -5.68. The highest BCUT2D eigenvalue weighted by atomic mass is 15.3. The van der Waals surface area contributed by atoms with Crippen molar-refractivity contribution in [2.75, 3.05) is 4.90 Å². The molecule has 0 radical (unpaired) electrons. The number of para-hydroxylation sites is 3. The van der Waals surface area contributed by atoms with Crippen LogP contribution in [0.15, 0.2) is 150 Å². The van der Waals surface area contributed by atoms with Crippen LogP contribution in [0.2, 0.25) is 0 Å². The predicted octanol–water partition coefficient (Wildman–Crippen LogP) is 6.47. The van der Waals surface area contributed by atoms with Crippen molar-refractivity contribution in [2.45, 2.75) is 18.2 Å². The van der Waals surface area contributed by atoms with Crippen LogP contribution in [0, 0.1) is 0 Å². The maximum Gasteiger partial charge on any atom is 0.224 e. The highest BCUT2D eigenvalue weighted by molar-refractivity contribution is 6.15. The topological polar surface area (TPSA) is 44.9 Å². The number of nitrogens with one attached hydrogen (secondary N) is 1. The molecule has 2 unspecified atom stereocenters. The van der Waals surface area contributed by atoms with Gasteiger partial charge < -0.3 is 10.2 Å². The smallest absolute Gasteiger partial charge is 0.224 e. The van der Waals surface area contributed by atoms with E-state index in [0.29, 0.717) is 0 Å². The van der Waals surface area contributed by atoms with Crippen molar-refractivity contribution in [3.63, 3.8) is 0 Å². The maximum absolute atomic E-state index is 5.26. The van der Waals surface area contributed by atoms with Crippen molar-refractivity contribution in [3.8, 4) is 0 Å². The molecule has 5 aromatic carbocycles. The minimum absolute atomic E-state index is 0.127. The molecular formula is C39H29N5. The molecule has 0 fully saturated rings. The lowest BCUT2D eigenvalue weighted by Gasteiger charge is -2.29. The first kappa shape index (κ1) is 24.9. The molecule has 3 heterocycles. The molecule has 3 aliphatic rings. The second-order valence-corrected chi connectivity index (χ2v) is 11.5. The Bertz CT molecular complexity index is 2160. The maximum atomic E-state index is 5.26. The Labute approximate surface area is 255 Å². The van der Waals surface area contributed by atoms with Gasteiger partial charge in [-0.2, -0.15) is 0 Å². The second-order valence-electron chi connectivity index (χ2n) is 11.5. The summed E-state index contributed by atoms with van der Waals surface area (Å²) in [5.74, 6) is 1.86. The number of hydrogen-bond donors (Lipinski definition) is 1. The molecule has 2 atom stereocenters. The SMILES string of the molecule is C1=c2c(n(C3N=C(c4ccccc4)NC(c4ccccc4)=N3)c3ccccc23)=CC2C1c1ccccc1N2c1ccccc1. The molecule has 1 aliphatic carbocycles. The number of hydrogen-bond acceptors (Lipinski definition) is 4. The van der Waals surface area contributed by atoms with Crippen molar-refractivity contribution in [2.24, 2.45) is 9.98 Å². The van der Waals surface area contributed by atoms with Crippen molar-refractivity contribution >= 4 is 46.1 Å². The Morgan fingerprint density at radius 1 is 0.568 bits per heavy atom. The number of aliphatic imine (C=N–C) groups is 2. The Balaban J connectivity index is 1.30. The summed E-state index contributed by atoms with van der Waals surface area (Å²) in [7, 11) is 0. The van der Waals surface area contributed by atoms with Crippen LogP contribution < -0.4 is 20.8 Å². The molecule has 2 aliphatic heterocycles. The van der Waals surface area contributed by atoms with Crippen LogP contribution in [-0.4, -0.2) is 22.3 Å². The minimum atomic E-state index is -0.481. The van der Waals surface area contributed by atoms with Gasteiger partial charge in [-0.15, -0.1) is 0 Å². The van der Waals surface area contributed by atoms with Crippen LogP contribution in [0.5, 0.6) is 0 Å². The average molecular weight is 568 g/mol. The third-order valence-corrected chi connectivity index (χ3v) is 8.97. The molecule has 44 heavy (non-hydrogen) atoms. The van der Waals surface area contributed by atoms with Crippen LogP contribution in [0.25, 0.3) is 23.1 Å². The van der Waals surface area contributed by atoms with E-state index < -0.39 is 6.29 Å². The summed E-state index contributed by atoms with van der Waals surface area (Å²) in [6.07, 6.45) is 4.45. The van der Waals surface area contributed by atoms with Gasteiger partial charge in [-0.3, -0.25) is 4.57 Å². The molecule has 5 nitrogen and oxygen atoms in total. The van der Waals surface area contributed by atoms with Crippen LogP contribution >= 0.6 is 0 Å². The van der Waals surface area contributed by atoms with E-state index in [1.807, 2.05) is 36.4 Å². The first-order valence-corrected chi connectivity index (χ1v) is 15.1. The fourth-order valence-electron chi connectivity index (χ4n) is 7.04. The molecule has 0 saturated heterocycles. The molecule has 1 N–H and O–H groups in total. The second kappa shape index (κ2) is 9.96. The van der Waals surface area contributed by atoms with E-state index >= 15 is 0 Å². The molecule has 9 rings (SSSR count). The predicted molar refractivity (Wildman–Crippen MR) is 180 cm³/mol. The Kier molecular flexibility index (Phi) is 5.63. The van der Waals surface area contributed by atoms with Gasteiger partial charge in [-0.05, 0) is 35.9 Å². The van der Waals surface area contributed by atoms with Crippen molar-refractivity contribution < 1.29 is 0 Å². The standard InChI is InChI=1S/C39H29N5/c1-4-14-26(15-5-1)37-40-38(27-16-6-2-7-17-27)42-39(41-37)44-34-23-13-11-21-30(34)32-24-31-29-20-10-12-22-33(29)43(35(31)25-36(32)44)28-18-8-3-9-19-28/h1-25,31,35,39H,(H,40,41,42). The summed E-state index contributed by atoms with van der Waals surface area (Å²) in [6, 6.07) is 49.0. The van der Waals surface area contributed by atoms with Gasteiger partial charge in [0.1, 0.15) is 11.7 Å². The molecule has 5 heteroatoms. The lowest BCUT2D eigenvalue weighted by molar-refractivity contribution is 0.544. The van der Waals surface area contributed by atoms with Crippen LogP contribution in [0.1, 0.15) is 28.9 Å². The van der Waals surface area contributed by atoms with E-state index in [9.17, 15) is 0 Å². The largest absolute Gasteiger partial charge is 0.333 e. The number of anilines is 2. The first-order chi connectivity index (χ1) is 21.8. The van der Waals surface area contributed by atoms with E-state index in [-0.39, 0.29) is 12.0 Å². The fraction of sp³-hybridized carbons (Fsp3) is 0.0769. The molecule has 0 saturated carbocycles. The van der Waals surface area contributed by atoms with E-state index in [2.05, 4.69) is 130 Å². The van der Waals surface area contributed by atoms with Gasteiger partial charge in [0, 0.05) is 39.0 Å². The third kappa shape index (κ3) is 3.86. The van der Waals surface area contributed by atoms with E-state index in [1.165, 1.54) is 27.5 Å². The molecule has 1 aromatic heterocycles. The lowest BCUT2D eigenvalue weighted by atomic mass is 9.90. The van der Waals surface area contributed by atoms with Gasteiger partial charge in [0.15, 0.2) is 0 Å². The van der Waals surface area contributed by atoms with Gasteiger partial charge in [-0.1, -0.05) is 121 Å². The van der Waals surface area contributed by atoms with Crippen LogP contribution in [0.3, 0.4) is 0 Å². The molecule has 210 valence electrons. The molecular weight excluding hydrogens is 538 g/mol. The van der Waals surface area contributed by atoms with Gasteiger partial charge in [0.2, 0.25) is 6.29 Å². The Morgan fingerprint density at radius 2 is 1.16 bits per heavy atom. The monoisotopic (exact) mass is 567 g/mol. The highest BCUT2D eigenvalue weighted by Gasteiger charge is 2.39. The number of nitrogens with zero attached hydrogens (tertiary/aromatic N) is 4. The molecule has 0 bridgehead atoms. The lowest BCUT2D eigenvalue weighted by Crippen LogP contribution is -2.43. The molecule has 0 amide bonds. The van der Waals surface area contributed by atoms with Gasteiger partial charge in [0.05, 0.1) is 16.9 Å². The minimum Gasteiger partial charge on any atom is -0.333 e. The number of fused-ring (bicyclic) bond motifs is 6. The normalized spacial score (nSPS) is 18.7. The quantitative estimate of drug-likeness (QED) is 0.265. The van der Waals surface area contributed by atoms with Crippen molar-refractivity contribution in [1.29, 1.82) is 0 Å². The summed E-state index contributed by atoms with van der Waals surface area (Å²) in [5.41, 5.74) is 7.00. The zero-order valence-corrected chi connectivity index (χ0v) is 24.0.